The van der Waals surface area contributed by atoms with E-state index >= 15 is 0 Å². The molecule has 0 bridgehead atoms. The Morgan fingerprint density at radius 1 is 1.10 bits per heavy atom. The zero-order valence-corrected chi connectivity index (χ0v) is 12.8. The van der Waals surface area contributed by atoms with Crippen molar-refractivity contribution < 1.29 is 9.59 Å². The molecule has 2 aliphatic heterocycles. The quantitative estimate of drug-likeness (QED) is 0.718. The van der Waals surface area contributed by atoms with E-state index in [1.807, 2.05) is 13.8 Å². The summed E-state index contributed by atoms with van der Waals surface area (Å²) in [6.07, 6.45) is 4.38. The smallest absolute Gasteiger partial charge is 0.241 e. The van der Waals surface area contributed by atoms with Crippen molar-refractivity contribution in [3.05, 3.63) is 12.3 Å². The van der Waals surface area contributed by atoms with E-state index in [-0.39, 0.29) is 11.7 Å². The van der Waals surface area contributed by atoms with Crippen LogP contribution in [0.3, 0.4) is 0 Å². The number of carbonyl (C=O) groups is 2. The lowest BCUT2D eigenvalue weighted by Gasteiger charge is -2.40. The number of ketones is 1. The fraction of sp³-hybridized carbons (Fsp3) is 0.733. The van der Waals surface area contributed by atoms with Gasteiger partial charge in [0.25, 0.3) is 0 Å². The van der Waals surface area contributed by atoms with Crippen molar-refractivity contribution in [1.29, 1.82) is 0 Å². The summed E-state index contributed by atoms with van der Waals surface area (Å²) in [4.78, 5) is 31.1. The van der Waals surface area contributed by atoms with Gasteiger partial charge in [0.05, 0.1) is 6.67 Å². The number of rotatable bonds is 4. The van der Waals surface area contributed by atoms with Crippen molar-refractivity contribution in [2.45, 2.75) is 26.7 Å². The topological polar surface area (TPSA) is 43.9 Å². The monoisotopic (exact) mass is 279 g/mol. The highest BCUT2D eigenvalue weighted by Crippen LogP contribution is 2.33. The van der Waals surface area contributed by atoms with Gasteiger partial charge in [-0.1, -0.05) is 13.8 Å². The predicted molar refractivity (Wildman–Crippen MR) is 77.9 cm³/mol. The summed E-state index contributed by atoms with van der Waals surface area (Å²) in [5.41, 5.74) is -0.832. The second-order valence-corrected chi connectivity index (χ2v) is 5.81. The average Bonchev–Trinajstić information content (AvgIpc) is 2.46. The first kappa shape index (κ1) is 15.2. The molecule has 0 aromatic rings. The Morgan fingerprint density at radius 3 is 2.25 bits per heavy atom. The lowest BCUT2D eigenvalue weighted by molar-refractivity contribution is -0.149. The van der Waals surface area contributed by atoms with Crippen LogP contribution >= 0.6 is 0 Å². The lowest BCUT2D eigenvalue weighted by Crippen LogP contribution is -2.54. The maximum Gasteiger partial charge on any atom is 0.241 e. The van der Waals surface area contributed by atoms with Gasteiger partial charge in [0.1, 0.15) is 5.41 Å². The molecule has 0 aliphatic carbocycles. The van der Waals surface area contributed by atoms with Crippen LogP contribution in [0.5, 0.6) is 0 Å². The number of amides is 1. The average molecular weight is 279 g/mol. The summed E-state index contributed by atoms with van der Waals surface area (Å²) in [5.74, 6) is -0.0731. The molecule has 112 valence electrons. The number of piperazine rings is 1. The Labute approximate surface area is 121 Å². The van der Waals surface area contributed by atoms with Crippen LogP contribution in [0.25, 0.3) is 0 Å². The van der Waals surface area contributed by atoms with E-state index in [1.165, 1.54) is 0 Å². The minimum absolute atomic E-state index is 0.0334. The van der Waals surface area contributed by atoms with E-state index in [9.17, 15) is 9.59 Å². The lowest BCUT2D eigenvalue weighted by atomic mass is 9.75. The largest absolute Gasteiger partial charge is 0.305 e. The van der Waals surface area contributed by atoms with Crippen molar-refractivity contribution in [3.63, 3.8) is 0 Å². The zero-order chi connectivity index (χ0) is 14.8. The van der Waals surface area contributed by atoms with Crippen molar-refractivity contribution in [2.24, 2.45) is 5.41 Å². The highest BCUT2D eigenvalue weighted by molar-refractivity contribution is 6.13. The Balaban J connectivity index is 2.07. The van der Waals surface area contributed by atoms with Gasteiger partial charge in [-0.15, -0.1) is 0 Å². The molecule has 5 heteroatoms. The van der Waals surface area contributed by atoms with E-state index in [0.717, 1.165) is 26.2 Å². The molecule has 1 saturated heterocycles. The minimum Gasteiger partial charge on any atom is -0.305 e. The standard InChI is InChI=1S/C15H25N3O2/c1-4-15(5-2)13(19)6-7-18(14(15)20)12-17-10-8-16(3)9-11-17/h6-7H,4-5,8-12H2,1-3H3. The summed E-state index contributed by atoms with van der Waals surface area (Å²) in [6.45, 7) is 8.42. The van der Waals surface area contributed by atoms with E-state index in [0.29, 0.717) is 19.5 Å². The van der Waals surface area contributed by atoms with Gasteiger partial charge < -0.3 is 9.80 Å². The summed E-state index contributed by atoms with van der Waals surface area (Å²) < 4.78 is 0. The minimum atomic E-state index is -0.832. The Kier molecular flexibility index (Phi) is 4.60. The van der Waals surface area contributed by atoms with Gasteiger partial charge >= 0.3 is 0 Å². The molecular formula is C15H25N3O2. The Bertz CT molecular complexity index is 407. The van der Waals surface area contributed by atoms with E-state index in [4.69, 9.17) is 0 Å². The molecule has 0 radical (unpaired) electrons. The molecule has 20 heavy (non-hydrogen) atoms. The van der Waals surface area contributed by atoms with Gasteiger partial charge in [-0.05, 0) is 26.0 Å². The maximum absolute atomic E-state index is 12.7. The first-order valence-electron chi connectivity index (χ1n) is 7.48. The summed E-state index contributed by atoms with van der Waals surface area (Å²) >= 11 is 0. The molecular weight excluding hydrogens is 254 g/mol. The molecule has 0 N–H and O–H groups in total. The van der Waals surface area contributed by atoms with Crippen LogP contribution in [0.1, 0.15) is 26.7 Å². The number of nitrogens with zero attached hydrogens (tertiary/aromatic N) is 3. The first-order chi connectivity index (χ1) is 9.53. The van der Waals surface area contributed by atoms with E-state index in [2.05, 4.69) is 16.8 Å². The second kappa shape index (κ2) is 6.06. The molecule has 2 rings (SSSR count). The van der Waals surface area contributed by atoms with Crippen LogP contribution in [-0.4, -0.2) is 66.3 Å². The molecule has 5 nitrogen and oxygen atoms in total. The molecule has 1 fully saturated rings. The first-order valence-corrected chi connectivity index (χ1v) is 7.48. The summed E-state index contributed by atoms with van der Waals surface area (Å²) in [6, 6.07) is 0. The number of hydrogen-bond acceptors (Lipinski definition) is 4. The number of likely N-dealkylation sites (N-methyl/N-ethyl adjacent to an activating group) is 1. The molecule has 0 atom stereocenters. The molecule has 0 unspecified atom stereocenters. The van der Waals surface area contributed by atoms with Gasteiger partial charge in [0.15, 0.2) is 5.78 Å². The van der Waals surface area contributed by atoms with Crippen molar-refractivity contribution in [3.8, 4) is 0 Å². The van der Waals surface area contributed by atoms with E-state index < -0.39 is 5.41 Å². The SMILES string of the molecule is CCC1(CC)C(=O)C=CN(CN2CCN(C)CC2)C1=O. The maximum atomic E-state index is 12.7. The Morgan fingerprint density at radius 2 is 1.70 bits per heavy atom. The second-order valence-electron chi connectivity index (χ2n) is 5.81. The van der Waals surface area contributed by atoms with Gasteiger partial charge in [-0.2, -0.15) is 0 Å². The Hall–Kier alpha value is -1.20. The van der Waals surface area contributed by atoms with Crippen LogP contribution < -0.4 is 0 Å². The molecule has 0 spiro atoms. The molecule has 0 saturated carbocycles. The normalized spacial score (nSPS) is 24.4. The van der Waals surface area contributed by atoms with Gasteiger partial charge in [-0.3, -0.25) is 14.5 Å². The van der Waals surface area contributed by atoms with Gasteiger partial charge in [-0.25, -0.2) is 0 Å². The number of carbonyl (C=O) groups excluding carboxylic acids is 2. The molecule has 1 amide bonds. The zero-order valence-electron chi connectivity index (χ0n) is 12.8. The molecule has 2 heterocycles. The van der Waals surface area contributed by atoms with Crippen LogP contribution in [0, 0.1) is 5.41 Å². The fourth-order valence-corrected chi connectivity index (χ4v) is 2.98. The summed E-state index contributed by atoms with van der Waals surface area (Å²) in [7, 11) is 2.11. The number of hydrogen-bond donors (Lipinski definition) is 0. The van der Waals surface area contributed by atoms with Crippen LogP contribution in [0.15, 0.2) is 12.3 Å². The fourth-order valence-electron chi connectivity index (χ4n) is 2.98. The predicted octanol–water partition coefficient (Wildman–Crippen LogP) is 0.923. The highest BCUT2D eigenvalue weighted by Gasteiger charge is 2.45. The van der Waals surface area contributed by atoms with E-state index in [1.54, 1.807) is 17.2 Å². The third-order valence-electron chi connectivity index (χ3n) is 4.70. The molecule has 0 aromatic heterocycles. The molecule has 2 aliphatic rings. The van der Waals surface area contributed by atoms with Crippen LogP contribution in [0.2, 0.25) is 0 Å². The van der Waals surface area contributed by atoms with Crippen molar-refractivity contribution in [2.75, 3.05) is 39.9 Å². The van der Waals surface area contributed by atoms with Gasteiger partial charge in [0, 0.05) is 32.4 Å². The number of allylic oxidation sites excluding steroid dienone is 1. The van der Waals surface area contributed by atoms with Crippen molar-refractivity contribution >= 4 is 11.7 Å². The van der Waals surface area contributed by atoms with Crippen LogP contribution in [-0.2, 0) is 9.59 Å². The third-order valence-corrected chi connectivity index (χ3v) is 4.70. The summed E-state index contributed by atoms with van der Waals surface area (Å²) in [5, 5.41) is 0. The highest BCUT2D eigenvalue weighted by atomic mass is 16.2. The van der Waals surface area contributed by atoms with Crippen LogP contribution in [0.4, 0.5) is 0 Å². The third kappa shape index (κ3) is 2.65. The van der Waals surface area contributed by atoms with Crippen molar-refractivity contribution in [1.82, 2.24) is 14.7 Å². The molecule has 0 aromatic carbocycles. The van der Waals surface area contributed by atoms with Gasteiger partial charge in [0.2, 0.25) is 5.91 Å².